The molecule has 4 N–H and O–H groups in total. The molecule has 0 aliphatic carbocycles. The number of pyridine rings is 3. The minimum absolute atomic E-state index is 0.174. The molecule has 11 nitrogen and oxygen atoms in total. The summed E-state index contributed by atoms with van der Waals surface area (Å²) in [7, 11) is 1.71. The summed E-state index contributed by atoms with van der Waals surface area (Å²) in [6.07, 6.45) is 7.90. The van der Waals surface area contributed by atoms with Crippen LogP contribution in [0.15, 0.2) is 60.1 Å². The van der Waals surface area contributed by atoms with Gasteiger partial charge in [-0.2, -0.15) is 0 Å². The molecule has 3 aromatic heterocycles. The number of allylic oxidation sites excluding steroid dienone is 1. The van der Waals surface area contributed by atoms with Gasteiger partial charge < -0.3 is 35.3 Å². The number of hydrogen-bond acceptors (Lipinski definition) is 10. The Morgan fingerprint density at radius 2 is 1.93 bits per heavy atom. The Kier molecular flexibility index (Phi) is 9.17. The largest absolute Gasteiger partial charge is 0.392 e. The molecule has 218 valence electrons. The molecule has 2 saturated heterocycles. The first-order valence-electron chi connectivity index (χ1n) is 14.2. The third-order valence-electron chi connectivity index (χ3n) is 7.78. The van der Waals surface area contributed by atoms with Crippen LogP contribution in [0.25, 0.3) is 11.1 Å². The van der Waals surface area contributed by atoms with E-state index in [1.54, 1.807) is 31.7 Å². The van der Waals surface area contributed by atoms with Crippen LogP contribution in [0.5, 0.6) is 0 Å². The maximum Gasteiger partial charge on any atom is 0.274 e. The van der Waals surface area contributed by atoms with Crippen molar-refractivity contribution in [2.75, 3.05) is 68.0 Å². The molecule has 41 heavy (non-hydrogen) atoms. The van der Waals surface area contributed by atoms with E-state index >= 15 is 0 Å². The first-order chi connectivity index (χ1) is 20.0. The summed E-state index contributed by atoms with van der Waals surface area (Å²) in [5.74, 6) is 0.588. The Morgan fingerprint density at radius 1 is 1.12 bits per heavy atom. The smallest absolute Gasteiger partial charge is 0.274 e. The summed E-state index contributed by atoms with van der Waals surface area (Å²) in [5.41, 5.74) is 5.24. The van der Waals surface area contributed by atoms with Gasteiger partial charge in [-0.3, -0.25) is 14.7 Å². The molecule has 3 aromatic rings. The van der Waals surface area contributed by atoms with Gasteiger partial charge in [0.15, 0.2) is 0 Å². The van der Waals surface area contributed by atoms with Gasteiger partial charge in [-0.05, 0) is 24.6 Å². The van der Waals surface area contributed by atoms with Crippen LogP contribution in [-0.4, -0.2) is 83.1 Å². The summed E-state index contributed by atoms with van der Waals surface area (Å²) in [6, 6.07) is 6.30. The highest BCUT2D eigenvalue weighted by Crippen LogP contribution is 2.30. The minimum Gasteiger partial charge on any atom is -0.392 e. The van der Waals surface area contributed by atoms with Crippen LogP contribution in [0, 0.1) is 0 Å². The van der Waals surface area contributed by atoms with Gasteiger partial charge in [0.05, 0.1) is 49.6 Å². The maximum atomic E-state index is 13.0. The second-order valence-electron chi connectivity index (χ2n) is 10.5. The van der Waals surface area contributed by atoms with Gasteiger partial charge in [-0.25, -0.2) is 4.98 Å². The Morgan fingerprint density at radius 3 is 2.59 bits per heavy atom. The van der Waals surface area contributed by atoms with Crippen LogP contribution in [0.4, 0.5) is 22.9 Å². The Hall–Kier alpha value is -3.93. The molecule has 0 unspecified atom stereocenters. The number of aromatic nitrogens is 3. The standard InChI is InChI=1S/C30H40N8O3/c1-4-21(2)32-7-8-33-28-16-31-15-25(26(28)18-39)22-13-27(30(40)36(3)17-22)35-29-6-5-23(14-34-29)37-9-11-38(12-10-37)24-19-41-20-24/h5-6,13-17,24,32-33,39H,2,4,7-12,18-20H2,1,3H3,(H,34,35). The number of ether oxygens (including phenoxy) is 1. The lowest BCUT2D eigenvalue weighted by Crippen LogP contribution is -2.56. The van der Waals surface area contributed by atoms with E-state index in [0.29, 0.717) is 36.2 Å². The van der Waals surface area contributed by atoms with Gasteiger partial charge >= 0.3 is 0 Å². The number of piperazine rings is 1. The summed E-state index contributed by atoms with van der Waals surface area (Å²) < 4.78 is 6.86. The van der Waals surface area contributed by atoms with E-state index in [-0.39, 0.29) is 12.2 Å². The third kappa shape index (κ3) is 6.70. The molecule has 0 bridgehead atoms. The zero-order valence-electron chi connectivity index (χ0n) is 23.9. The fourth-order valence-electron chi connectivity index (χ4n) is 5.13. The molecular weight excluding hydrogens is 520 g/mol. The van der Waals surface area contributed by atoms with Crippen LogP contribution >= 0.6 is 0 Å². The van der Waals surface area contributed by atoms with Gasteiger partial charge in [0, 0.05) is 81.1 Å². The number of anilines is 4. The lowest BCUT2D eigenvalue weighted by atomic mass is 10.0. The lowest BCUT2D eigenvalue weighted by Gasteiger charge is -2.43. The zero-order chi connectivity index (χ0) is 28.8. The van der Waals surface area contributed by atoms with Crippen molar-refractivity contribution in [2.45, 2.75) is 26.0 Å². The lowest BCUT2D eigenvalue weighted by molar-refractivity contribution is -0.0660. The number of nitrogens with one attached hydrogen (secondary N) is 3. The zero-order valence-corrected chi connectivity index (χ0v) is 23.9. The highest BCUT2D eigenvalue weighted by atomic mass is 16.5. The fourth-order valence-corrected chi connectivity index (χ4v) is 5.13. The molecule has 5 rings (SSSR count). The monoisotopic (exact) mass is 560 g/mol. The second kappa shape index (κ2) is 13.2. The normalized spacial score (nSPS) is 15.8. The topological polar surface area (TPSA) is 120 Å². The highest BCUT2D eigenvalue weighted by Gasteiger charge is 2.29. The molecule has 0 saturated carbocycles. The van der Waals surface area contributed by atoms with Crippen LogP contribution in [-0.2, 0) is 18.4 Å². The van der Waals surface area contributed by atoms with E-state index < -0.39 is 0 Å². The van der Waals surface area contributed by atoms with Gasteiger partial charge in [-0.15, -0.1) is 0 Å². The Balaban J connectivity index is 1.29. The predicted octanol–water partition coefficient (Wildman–Crippen LogP) is 2.52. The molecule has 2 aliphatic rings. The van der Waals surface area contributed by atoms with Crippen molar-refractivity contribution >= 4 is 22.9 Å². The molecule has 0 radical (unpaired) electrons. The molecule has 0 atom stereocenters. The molecule has 0 amide bonds. The van der Waals surface area contributed by atoms with E-state index in [1.165, 1.54) is 4.57 Å². The van der Waals surface area contributed by atoms with Crippen LogP contribution in [0.2, 0.25) is 0 Å². The third-order valence-corrected chi connectivity index (χ3v) is 7.78. The van der Waals surface area contributed by atoms with E-state index in [0.717, 1.165) is 74.0 Å². The SMILES string of the molecule is C=C(CC)NCCNc1cncc(-c2cc(Nc3ccc(N4CCN(C5COC5)CC4)cn3)c(=O)n(C)c2)c1CO. The molecule has 0 aromatic carbocycles. The van der Waals surface area contributed by atoms with Gasteiger partial charge in [0.25, 0.3) is 5.56 Å². The molecule has 11 heteroatoms. The van der Waals surface area contributed by atoms with Crippen molar-refractivity contribution in [1.82, 2.24) is 24.8 Å². The molecule has 2 aliphatic heterocycles. The Bertz CT molecular complexity index is 1400. The number of nitrogens with zero attached hydrogens (tertiary/aromatic N) is 5. The molecule has 2 fully saturated rings. The summed E-state index contributed by atoms with van der Waals surface area (Å²) in [4.78, 5) is 26.9. The first-order valence-corrected chi connectivity index (χ1v) is 14.2. The molecular formula is C30H40N8O3. The first kappa shape index (κ1) is 28.6. The van der Waals surface area contributed by atoms with E-state index in [2.05, 4.69) is 49.2 Å². The number of hydrogen-bond donors (Lipinski definition) is 4. The van der Waals surface area contributed by atoms with E-state index in [4.69, 9.17) is 4.74 Å². The second-order valence-corrected chi connectivity index (χ2v) is 10.5. The van der Waals surface area contributed by atoms with Crippen molar-refractivity contribution in [1.29, 1.82) is 0 Å². The van der Waals surface area contributed by atoms with E-state index in [9.17, 15) is 9.90 Å². The van der Waals surface area contributed by atoms with Crippen LogP contribution in [0.3, 0.4) is 0 Å². The Labute approximate surface area is 240 Å². The average molecular weight is 561 g/mol. The van der Waals surface area contributed by atoms with E-state index in [1.807, 2.05) is 18.3 Å². The average Bonchev–Trinajstić information content (AvgIpc) is 2.97. The van der Waals surface area contributed by atoms with Crippen LogP contribution < -0.4 is 26.4 Å². The minimum atomic E-state index is -0.175. The number of aliphatic hydroxyl groups excluding tert-OH is 1. The van der Waals surface area contributed by atoms with Crippen LogP contribution in [0.1, 0.15) is 18.9 Å². The van der Waals surface area contributed by atoms with Gasteiger partial charge in [0.2, 0.25) is 0 Å². The van der Waals surface area contributed by atoms with Crippen molar-refractivity contribution in [3.05, 3.63) is 71.2 Å². The van der Waals surface area contributed by atoms with Crippen molar-refractivity contribution in [2.24, 2.45) is 7.05 Å². The number of aryl methyl sites for hydroxylation is 1. The van der Waals surface area contributed by atoms with Gasteiger partial charge in [0.1, 0.15) is 11.5 Å². The highest BCUT2D eigenvalue weighted by molar-refractivity contribution is 5.75. The molecule has 5 heterocycles. The fraction of sp³-hybridized carbons (Fsp3) is 0.433. The van der Waals surface area contributed by atoms with Gasteiger partial charge in [-0.1, -0.05) is 13.5 Å². The predicted molar refractivity (Wildman–Crippen MR) is 163 cm³/mol. The number of rotatable bonds is 12. The molecule has 0 spiro atoms. The summed E-state index contributed by atoms with van der Waals surface area (Å²) in [6.45, 7) is 12.8. The van der Waals surface area contributed by atoms with Crippen molar-refractivity contribution in [3.8, 4) is 11.1 Å². The van der Waals surface area contributed by atoms with Crippen molar-refractivity contribution in [3.63, 3.8) is 0 Å². The summed E-state index contributed by atoms with van der Waals surface area (Å²) in [5, 5.41) is 20.1. The van der Waals surface area contributed by atoms with Crippen molar-refractivity contribution < 1.29 is 9.84 Å². The quantitative estimate of drug-likeness (QED) is 0.246. The summed E-state index contributed by atoms with van der Waals surface area (Å²) >= 11 is 0. The number of aliphatic hydroxyl groups is 1. The maximum absolute atomic E-state index is 13.0.